The lowest BCUT2D eigenvalue weighted by molar-refractivity contribution is -0.140. The van der Waals surface area contributed by atoms with Gasteiger partial charge in [-0.1, -0.05) is 41.4 Å². The zero-order chi connectivity index (χ0) is 26.3. The monoisotopic (exact) mass is 545 g/mol. The van der Waals surface area contributed by atoms with E-state index in [1.165, 1.54) is 29.2 Å². The van der Waals surface area contributed by atoms with E-state index in [-0.39, 0.29) is 43.6 Å². The quantitative estimate of drug-likeness (QED) is 0.446. The number of para-hydroxylation sites is 1. The van der Waals surface area contributed by atoms with Crippen molar-refractivity contribution in [3.63, 3.8) is 0 Å². The number of nitrogens with zero attached hydrogens (tertiary/aromatic N) is 2. The van der Waals surface area contributed by atoms with E-state index in [0.29, 0.717) is 15.6 Å². The Balaban J connectivity index is 2.24. The molecule has 2 aromatic carbocycles. The minimum atomic E-state index is -3.79. The average Bonchev–Trinajstić information content (AvgIpc) is 2.75. The number of amides is 2. The van der Waals surface area contributed by atoms with E-state index in [2.05, 4.69) is 5.32 Å². The van der Waals surface area contributed by atoms with E-state index in [1.807, 2.05) is 13.8 Å². The Labute approximate surface area is 216 Å². The second kappa shape index (κ2) is 12.6. The van der Waals surface area contributed by atoms with Gasteiger partial charge in [0.05, 0.1) is 11.9 Å². The predicted molar refractivity (Wildman–Crippen MR) is 138 cm³/mol. The summed E-state index contributed by atoms with van der Waals surface area (Å²) >= 11 is 12.6. The third-order valence-electron chi connectivity index (χ3n) is 5.26. The maximum Gasteiger partial charge on any atom is 0.242 e. The molecule has 0 bridgehead atoms. The van der Waals surface area contributed by atoms with Crippen molar-refractivity contribution in [3.8, 4) is 0 Å². The number of halogens is 3. The molecule has 35 heavy (non-hydrogen) atoms. The highest BCUT2D eigenvalue weighted by Gasteiger charge is 2.28. The van der Waals surface area contributed by atoms with Crippen LogP contribution in [0.2, 0.25) is 10.0 Å². The fourth-order valence-electron chi connectivity index (χ4n) is 3.48. The SMILES string of the molecule is CC(C)NC(=O)C(C)N(Cc1c(Cl)cccc1Cl)C(=O)CCCN(c1ccccc1F)S(C)(=O)=O. The molecule has 0 aliphatic heterocycles. The van der Waals surface area contributed by atoms with Gasteiger partial charge in [0.25, 0.3) is 0 Å². The van der Waals surface area contributed by atoms with Crippen molar-refractivity contribution >= 4 is 50.7 Å². The van der Waals surface area contributed by atoms with Crippen molar-refractivity contribution in [3.05, 3.63) is 63.9 Å². The number of anilines is 1. The number of carbonyl (C=O) groups is 2. The van der Waals surface area contributed by atoms with Crippen LogP contribution in [0.1, 0.15) is 39.2 Å². The van der Waals surface area contributed by atoms with Crippen LogP contribution >= 0.6 is 23.2 Å². The molecule has 0 spiro atoms. The van der Waals surface area contributed by atoms with Gasteiger partial charge in [0, 0.05) is 41.2 Å². The Kier molecular flexibility index (Phi) is 10.4. The molecule has 1 unspecified atom stereocenters. The molecule has 1 N–H and O–H groups in total. The predicted octanol–water partition coefficient (Wildman–Crippen LogP) is 4.62. The van der Waals surface area contributed by atoms with E-state index in [9.17, 15) is 22.4 Å². The van der Waals surface area contributed by atoms with Gasteiger partial charge in [-0.25, -0.2) is 12.8 Å². The summed E-state index contributed by atoms with van der Waals surface area (Å²) in [5, 5.41) is 3.50. The molecule has 0 saturated carbocycles. The van der Waals surface area contributed by atoms with E-state index >= 15 is 0 Å². The van der Waals surface area contributed by atoms with Crippen LogP contribution in [0.3, 0.4) is 0 Å². The summed E-state index contributed by atoms with van der Waals surface area (Å²) in [5.41, 5.74) is 0.407. The van der Waals surface area contributed by atoms with Crippen molar-refractivity contribution in [2.45, 2.75) is 52.2 Å². The zero-order valence-electron chi connectivity index (χ0n) is 20.1. The first-order valence-electron chi connectivity index (χ1n) is 11.1. The normalized spacial score (nSPS) is 12.3. The average molecular weight is 546 g/mol. The second-order valence-corrected chi connectivity index (χ2v) is 11.2. The summed E-state index contributed by atoms with van der Waals surface area (Å²) < 4.78 is 39.8. The molecule has 0 saturated heterocycles. The minimum absolute atomic E-state index is 0.00682. The van der Waals surface area contributed by atoms with Gasteiger partial charge in [-0.05, 0) is 51.5 Å². The summed E-state index contributed by atoms with van der Waals surface area (Å²) in [5.74, 6) is -1.42. The molecule has 2 amide bonds. The molecule has 0 radical (unpaired) electrons. The van der Waals surface area contributed by atoms with Crippen LogP contribution in [0.25, 0.3) is 0 Å². The lowest BCUT2D eigenvalue weighted by Gasteiger charge is -2.30. The van der Waals surface area contributed by atoms with Gasteiger partial charge in [-0.15, -0.1) is 0 Å². The van der Waals surface area contributed by atoms with Gasteiger partial charge in [-0.2, -0.15) is 0 Å². The first-order chi connectivity index (χ1) is 16.3. The van der Waals surface area contributed by atoms with Gasteiger partial charge in [0.1, 0.15) is 11.9 Å². The zero-order valence-corrected chi connectivity index (χ0v) is 22.4. The van der Waals surface area contributed by atoms with E-state index < -0.39 is 27.8 Å². The topological polar surface area (TPSA) is 86.8 Å². The van der Waals surface area contributed by atoms with Gasteiger partial charge in [0.2, 0.25) is 21.8 Å². The van der Waals surface area contributed by atoms with Crippen LogP contribution in [0.4, 0.5) is 10.1 Å². The maximum absolute atomic E-state index is 14.3. The van der Waals surface area contributed by atoms with Gasteiger partial charge in [0.15, 0.2) is 0 Å². The fourth-order valence-corrected chi connectivity index (χ4v) is 4.96. The van der Waals surface area contributed by atoms with Crippen molar-refractivity contribution in [1.82, 2.24) is 10.2 Å². The fraction of sp³-hybridized carbons (Fsp3) is 0.417. The standard InChI is InChI=1S/C24H30Cl2FN3O4S/c1-16(2)28-24(32)17(3)29(15-18-19(25)9-7-10-20(18)26)23(31)13-8-14-30(35(4,33)34)22-12-6-5-11-21(22)27/h5-7,9-12,16-17H,8,13-15H2,1-4H3,(H,28,32). The molecule has 2 aromatic rings. The van der Waals surface area contributed by atoms with Crippen molar-refractivity contribution in [1.29, 1.82) is 0 Å². The molecular formula is C24H30Cl2FN3O4S. The highest BCUT2D eigenvalue weighted by Crippen LogP contribution is 2.27. The van der Waals surface area contributed by atoms with E-state index in [1.54, 1.807) is 25.1 Å². The Bertz CT molecular complexity index is 1140. The van der Waals surface area contributed by atoms with E-state index in [0.717, 1.165) is 10.6 Å². The Hall–Kier alpha value is -2.36. The lowest BCUT2D eigenvalue weighted by atomic mass is 10.1. The molecule has 2 rings (SSSR count). The number of nitrogens with one attached hydrogen (secondary N) is 1. The van der Waals surface area contributed by atoms with Crippen molar-refractivity contribution in [2.75, 3.05) is 17.1 Å². The second-order valence-electron chi connectivity index (χ2n) is 8.45. The first kappa shape index (κ1) is 28.9. The molecule has 0 aliphatic carbocycles. The molecule has 0 aromatic heterocycles. The lowest BCUT2D eigenvalue weighted by Crippen LogP contribution is -2.49. The Morgan fingerprint density at radius 1 is 1.03 bits per heavy atom. The maximum atomic E-state index is 14.3. The van der Waals surface area contributed by atoms with Crippen LogP contribution in [0, 0.1) is 5.82 Å². The van der Waals surface area contributed by atoms with E-state index in [4.69, 9.17) is 23.2 Å². The highest BCUT2D eigenvalue weighted by molar-refractivity contribution is 7.92. The number of hydrogen-bond acceptors (Lipinski definition) is 4. The van der Waals surface area contributed by atoms with Crippen LogP contribution in [-0.4, -0.2) is 50.0 Å². The first-order valence-corrected chi connectivity index (χ1v) is 13.7. The molecule has 11 heteroatoms. The third-order valence-corrected chi connectivity index (χ3v) is 7.15. The Morgan fingerprint density at radius 2 is 1.63 bits per heavy atom. The summed E-state index contributed by atoms with van der Waals surface area (Å²) in [4.78, 5) is 27.3. The number of benzene rings is 2. The molecule has 1 atom stereocenters. The number of sulfonamides is 1. The summed E-state index contributed by atoms with van der Waals surface area (Å²) in [7, 11) is -3.79. The van der Waals surface area contributed by atoms with Crippen molar-refractivity contribution in [2.24, 2.45) is 0 Å². The smallest absolute Gasteiger partial charge is 0.242 e. The van der Waals surface area contributed by atoms with Crippen LogP contribution in [0.5, 0.6) is 0 Å². The summed E-state index contributed by atoms with van der Waals surface area (Å²) in [6.07, 6.45) is 0.999. The number of rotatable bonds is 11. The molecule has 0 fully saturated rings. The largest absolute Gasteiger partial charge is 0.352 e. The molecule has 192 valence electrons. The summed E-state index contributed by atoms with van der Waals surface area (Å²) in [6.45, 7) is 5.10. The van der Waals surface area contributed by atoms with Crippen LogP contribution < -0.4 is 9.62 Å². The third kappa shape index (κ3) is 8.08. The highest BCUT2D eigenvalue weighted by atomic mass is 35.5. The van der Waals surface area contributed by atoms with Gasteiger partial charge < -0.3 is 10.2 Å². The van der Waals surface area contributed by atoms with Gasteiger partial charge in [-0.3, -0.25) is 13.9 Å². The number of carbonyl (C=O) groups excluding carboxylic acids is 2. The molecular weight excluding hydrogens is 516 g/mol. The summed E-state index contributed by atoms with van der Waals surface area (Å²) in [6, 6.07) is 9.52. The Morgan fingerprint density at radius 3 is 2.17 bits per heavy atom. The number of hydrogen-bond donors (Lipinski definition) is 1. The van der Waals surface area contributed by atoms with Gasteiger partial charge >= 0.3 is 0 Å². The van der Waals surface area contributed by atoms with Crippen molar-refractivity contribution < 1.29 is 22.4 Å². The molecule has 0 heterocycles. The minimum Gasteiger partial charge on any atom is -0.352 e. The van der Waals surface area contributed by atoms with Crippen LogP contribution in [-0.2, 0) is 26.2 Å². The molecule has 7 nitrogen and oxygen atoms in total. The van der Waals surface area contributed by atoms with Crippen LogP contribution in [0.15, 0.2) is 42.5 Å². The molecule has 0 aliphatic rings.